The van der Waals surface area contributed by atoms with E-state index in [0.717, 1.165) is 19.6 Å². The number of aromatic nitrogens is 2. The van der Waals surface area contributed by atoms with E-state index in [2.05, 4.69) is 29.2 Å². The second-order valence-corrected chi connectivity index (χ2v) is 5.39. The Bertz CT molecular complexity index is 397. The van der Waals surface area contributed by atoms with E-state index in [1.54, 1.807) is 10.9 Å². The predicted octanol–water partition coefficient (Wildman–Crippen LogP) is 0.499. The maximum Gasteiger partial charge on any atom is 0.221 e. The van der Waals surface area contributed by atoms with Gasteiger partial charge in [-0.05, 0) is 19.9 Å². The number of carbonyl (C=O) groups is 1. The first-order valence-corrected chi connectivity index (χ1v) is 7.25. The number of nitrogens with zero attached hydrogens (tertiary/aromatic N) is 3. The summed E-state index contributed by atoms with van der Waals surface area (Å²) in [5.74, 6) is 0.0786. The average molecular weight is 280 g/mol. The van der Waals surface area contributed by atoms with Gasteiger partial charge in [0, 0.05) is 51.5 Å². The van der Waals surface area contributed by atoms with Crippen LogP contribution in [0.2, 0.25) is 0 Å². The van der Waals surface area contributed by atoms with Gasteiger partial charge in [0.15, 0.2) is 0 Å². The minimum Gasteiger partial charge on any atom is -0.373 e. The highest BCUT2D eigenvalue weighted by molar-refractivity contribution is 5.75. The van der Waals surface area contributed by atoms with E-state index in [1.807, 2.05) is 12.3 Å². The first-order chi connectivity index (χ1) is 9.63. The van der Waals surface area contributed by atoms with Gasteiger partial charge in [0.05, 0.1) is 12.2 Å². The van der Waals surface area contributed by atoms with Gasteiger partial charge in [-0.25, -0.2) is 0 Å². The van der Waals surface area contributed by atoms with Crippen molar-refractivity contribution in [2.45, 2.75) is 39.0 Å². The molecular formula is C14H24N4O2. The molecule has 20 heavy (non-hydrogen) atoms. The smallest absolute Gasteiger partial charge is 0.221 e. The molecule has 0 aliphatic carbocycles. The molecule has 1 aliphatic heterocycles. The van der Waals surface area contributed by atoms with Gasteiger partial charge in [0.1, 0.15) is 0 Å². The van der Waals surface area contributed by atoms with Crippen molar-refractivity contribution < 1.29 is 9.53 Å². The highest BCUT2D eigenvalue weighted by Crippen LogP contribution is 2.09. The zero-order valence-electron chi connectivity index (χ0n) is 12.3. The predicted molar refractivity (Wildman–Crippen MR) is 76.3 cm³/mol. The van der Waals surface area contributed by atoms with Crippen molar-refractivity contribution in [3.8, 4) is 0 Å². The normalized spacial score (nSPS) is 23.7. The number of amides is 1. The number of ether oxygens (including phenoxy) is 1. The summed E-state index contributed by atoms with van der Waals surface area (Å²) in [6.07, 6.45) is 4.60. The van der Waals surface area contributed by atoms with Crippen molar-refractivity contribution in [3.05, 3.63) is 18.5 Å². The molecule has 1 saturated heterocycles. The summed E-state index contributed by atoms with van der Waals surface area (Å²) in [6.45, 7) is 8.25. The van der Waals surface area contributed by atoms with E-state index in [9.17, 15) is 4.79 Å². The van der Waals surface area contributed by atoms with Crippen LogP contribution in [0.3, 0.4) is 0 Å². The summed E-state index contributed by atoms with van der Waals surface area (Å²) in [6, 6.07) is 1.86. The molecule has 0 bridgehead atoms. The third kappa shape index (κ3) is 4.94. The van der Waals surface area contributed by atoms with Crippen LogP contribution in [0.1, 0.15) is 20.3 Å². The molecule has 2 atom stereocenters. The standard InChI is InChI=1S/C14H24N4O2/c1-12-10-17(11-13(2)20-12)9-6-15-14(19)4-8-18-7-3-5-16-18/h3,5,7,12-13H,4,6,8-11H2,1-2H3,(H,15,19). The van der Waals surface area contributed by atoms with Crippen LogP contribution in [0.25, 0.3) is 0 Å². The number of hydrogen-bond donors (Lipinski definition) is 1. The van der Waals surface area contributed by atoms with Crippen LogP contribution in [-0.2, 0) is 16.1 Å². The molecule has 1 aromatic rings. The minimum atomic E-state index is 0.0786. The molecule has 1 amide bonds. The molecule has 6 nitrogen and oxygen atoms in total. The molecule has 2 rings (SSSR count). The fourth-order valence-electron chi connectivity index (χ4n) is 2.56. The molecule has 0 saturated carbocycles. The van der Waals surface area contributed by atoms with Crippen molar-refractivity contribution in [2.75, 3.05) is 26.2 Å². The van der Waals surface area contributed by atoms with E-state index in [4.69, 9.17) is 4.74 Å². The van der Waals surface area contributed by atoms with Crippen LogP contribution in [0, 0.1) is 0 Å². The number of nitrogens with one attached hydrogen (secondary N) is 1. The Morgan fingerprint density at radius 1 is 1.35 bits per heavy atom. The lowest BCUT2D eigenvalue weighted by Gasteiger charge is -2.35. The zero-order chi connectivity index (χ0) is 14.4. The van der Waals surface area contributed by atoms with Gasteiger partial charge in [0.2, 0.25) is 5.91 Å². The average Bonchev–Trinajstić information content (AvgIpc) is 2.88. The molecule has 1 aliphatic rings. The molecule has 1 fully saturated rings. The van der Waals surface area contributed by atoms with Gasteiger partial charge in [-0.1, -0.05) is 0 Å². The van der Waals surface area contributed by atoms with Crippen LogP contribution in [0.5, 0.6) is 0 Å². The van der Waals surface area contributed by atoms with Gasteiger partial charge in [0.25, 0.3) is 0 Å². The fraction of sp³-hybridized carbons (Fsp3) is 0.714. The summed E-state index contributed by atoms with van der Waals surface area (Å²) < 4.78 is 7.45. The highest BCUT2D eigenvalue weighted by Gasteiger charge is 2.21. The van der Waals surface area contributed by atoms with E-state index in [-0.39, 0.29) is 18.1 Å². The third-order valence-electron chi connectivity index (χ3n) is 3.37. The summed E-state index contributed by atoms with van der Waals surface area (Å²) in [5, 5.41) is 7.03. The second-order valence-electron chi connectivity index (χ2n) is 5.39. The zero-order valence-corrected chi connectivity index (χ0v) is 12.3. The largest absolute Gasteiger partial charge is 0.373 e. The second kappa shape index (κ2) is 7.40. The first-order valence-electron chi connectivity index (χ1n) is 7.25. The number of aryl methyl sites for hydroxylation is 1. The van der Waals surface area contributed by atoms with Crippen LogP contribution < -0.4 is 5.32 Å². The summed E-state index contributed by atoms with van der Waals surface area (Å²) >= 11 is 0. The number of carbonyl (C=O) groups excluding carboxylic acids is 1. The lowest BCUT2D eigenvalue weighted by Crippen LogP contribution is -2.47. The summed E-state index contributed by atoms with van der Waals surface area (Å²) in [5.41, 5.74) is 0. The van der Waals surface area contributed by atoms with Crippen LogP contribution in [0.4, 0.5) is 0 Å². The Hall–Kier alpha value is -1.40. The van der Waals surface area contributed by atoms with Gasteiger partial charge >= 0.3 is 0 Å². The Kier molecular flexibility index (Phi) is 5.55. The fourth-order valence-corrected chi connectivity index (χ4v) is 2.56. The van der Waals surface area contributed by atoms with Crippen LogP contribution in [0.15, 0.2) is 18.5 Å². The van der Waals surface area contributed by atoms with Gasteiger partial charge in [-0.3, -0.25) is 14.4 Å². The lowest BCUT2D eigenvalue weighted by atomic mass is 10.2. The SMILES string of the molecule is CC1CN(CCNC(=O)CCn2cccn2)CC(C)O1. The lowest BCUT2D eigenvalue weighted by molar-refractivity contribution is -0.121. The maximum absolute atomic E-state index is 11.7. The molecule has 0 spiro atoms. The van der Waals surface area contributed by atoms with Gasteiger partial charge < -0.3 is 10.1 Å². The molecule has 2 unspecified atom stereocenters. The topological polar surface area (TPSA) is 59.4 Å². The van der Waals surface area contributed by atoms with E-state index in [1.165, 1.54) is 0 Å². The van der Waals surface area contributed by atoms with Crippen LogP contribution in [-0.4, -0.2) is 59.0 Å². The Balaban J connectivity index is 1.59. The van der Waals surface area contributed by atoms with Gasteiger partial charge in [-0.2, -0.15) is 5.10 Å². The van der Waals surface area contributed by atoms with Crippen molar-refractivity contribution in [3.63, 3.8) is 0 Å². The molecule has 0 radical (unpaired) electrons. The number of rotatable bonds is 6. The monoisotopic (exact) mass is 280 g/mol. The Morgan fingerprint density at radius 3 is 2.75 bits per heavy atom. The van der Waals surface area contributed by atoms with Crippen molar-refractivity contribution >= 4 is 5.91 Å². The first kappa shape index (κ1) is 15.0. The quantitative estimate of drug-likeness (QED) is 0.824. The Labute approximate surface area is 120 Å². The molecule has 0 aromatic carbocycles. The van der Waals surface area contributed by atoms with Crippen molar-refractivity contribution in [1.82, 2.24) is 20.0 Å². The molecule has 6 heteroatoms. The van der Waals surface area contributed by atoms with E-state index in [0.29, 0.717) is 19.5 Å². The molecule has 2 heterocycles. The third-order valence-corrected chi connectivity index (χ3v) is 3.37. The van der Waals surface area contributed by atoms with Crippen molar-refractivity contribution in [2.24, 2.45) is 0 Å². The molecular weight excluding hydrogens is 256 g/mol. The molecule has 1 aromatic heterocycles. The minimum absolute atomic E-state index is 0.0786. The summed E-state index contributed by atoms with van der Waals surface area (Å²) in [7, 11) is 0. The number of hydrogen-bond acceptors (Lipinski definition) is 4. The maximum atomic E-state index is 11.7. The number of morpholine rings is 1. The van der Waals surface area contributed by atoms with E-state index >= 15 is 0 Å². The Morgan fingerprint density at radius 2 is 2.10 bits per heavy atom. The van der Waals surface area contributed by atoms with E-state index < -0.39 is 0 Å². The van der Waals surface area contributed by atoms with Crippen molar-refractivity contribution in [1.29, 1.82) is 0 Å². The highest BCUT2D eigenvalue weighted by atomic mass is 16.5. The van der Waals surface area contributed by atoms with Gasteiger partial charge in [-0.15, -0.1) is 0 Å². The summed E-state index contributed by atoms with van der Waals surface area (Å²) in [4.78, 5) is 14.1. The van der Waals surface area contributed by atoms with Crippen LogP contribution >= 0.6 is 0 Å². The molecule has 1 N–H and O–H groups in total. The molecule has 112 valence electrons.